The van der Waals surface area contributed by atoms with Gasteiger partial charge in [0.1, 0.15) is 6.23 Å². The first-order valence-corrected chi connectivity index (χ1v) is 4.66. The fraction of sp³-hybridized carbons (Fsp3) is 1.00. The Labute approximate surface area is 80.7 Å². The molecule has 0 bridgehead atoms. The number of hydrogen-bond acceptors (Lipinski definition) is 4. The Hall–Kier alpha value is -0.160. The maximum atomic E-state index is 8.79. The summed E-state index contributed by atoms with van der Waals surface area (Å²) in [5.74, 6) is 0. The molecule has 1 atom stereocenters. The summed E-state index contributed by atoms with van der Waals surface area (Å²) in [7, 11) is 1.93. The van der Waals surface area contributed by atoms with E-state index in [1.165, 1.54) is 0 Å². The van der Waals surface area contributed by atoms with Crippen LogP contribution in [-0.2, 0) is 4.74 Å². The van der Waals surface area contributed by atoms with Gasteiger partial charge in [0, 0.05) is 13.2 Å². The molecule has 0 aromatic rings. The average Bonchev–Trinajstić information content (AvgIpc) is 2.05. The molecule has 0 radical (unpaired) electrons. The van der Waals surface area contributed by atoms with E-state index in [0.717, 1.165) is 0 Å². The van der Waals surface area contributed by atoms with Crippen LogP contribution in [0.1, 0.15) is 20.8 Å². The number of β-amino-alcohol motifs (C(OH)–C–C–N with tert-alkyl or cyclic N) is 1. The SMILES string of the molecule is CCOC(N)C(C)(C)N(C)CCO. The Balaban J connectivity index is 4.17. The summed E-state index contributed by atoms with van der Waals surface area (Å²) in [5, 5.41) is 8.79. The van der Waals surface area contributed by atoms with E-state index in [0.29, 0.717) is 13.2 Å². The van der Waals surface area contributed by atoms with Crippen LogP contribution in [-0.4, -0.2) is 48.6 Å². The van der Waals surface area contributed by atoms with Gasteiger partial charge in [-0.15, -0.1) is 0 Å². The summed E-state index contributed by atoms with van der Waals surface area (Å²) in [4.78, 5) is 1.99. The number of likely N-dealkylation sites (N-methyl/N-ethyl adjacent to an activating group) is 1. The first-order chi connectivity index (χ1) is 5.96. The lowest BCUT2D eigenvalue weighted by molar-refractivity contribution is -0.0445. The standard InChI is InChI=1S/C9H22N2O2/c1-5-13-8(10)9(2,3)11(4)6-7-12/h8,12H,5-7,10H2,1-4H3. The van der Waals surface area contributed by atoms with E-state index >= 15 is 0 Å². The van der Waals surface area contributed by atoms with Gasteiger partial charge in [0.2, 0.25) is 0 Å². The topological polar surface area (TPSA) is 58.7 Å². The minimum atomic E-state index is -0.325. The van der Waals surface area contributed by atoms with Gasteiger partial charge in [0.05, 0.1) is 12.1 Å². The third kappa shape index (κ3) is 3.60. The fourth-order valence-corrected chi connectivity index (χ4v) is 1.04. The van der Waals surface area contributed by atoms with Crippen LogP contribution in [0.5, 0.6) is 0 Å². The second-order valence-electron chi connectivity index (χ2n) is 3.67. The number of nitrogens with zero attached hydrogens (tertiary/aromatic N) is 1. The lowest BCUT2D eigenvalue weighted by Crippen LogP contribution is -2.56. The highest BCUT2D eigenvalue weighted by molar-refractivity contribution is 4.84. The first-order valence-electron chi connectivity index (χ1n) is 4.66. The van der Waals surface area contributed by atoms with E-state index < -0.39 is 0 Å². The Morgan fingerprint density at radius 3 is 2.46 bits per heavy atom. The van der Waals surface area contributed by atoms with Gasteiger partial charge >= 0.3 is 0 Å². The van der Waals surface area contributed by atoms with Gasteiger partial charge in [-0.2, -0.15) is 0 Å². The van der Waals surface area contributed by atoms with E-state index in [-0.39, 0.29) is 18.4 Å². The molecule has 0 aliphatic rings. The number of nitrogens with two attached hydrogens (primary N) is 1. The predicted octanol–water partition coefficient (Wildman–Crippen LogP) is 0.0104. The predicted molar refractivity (Wildman–Crippen MR) is 53.4 cm³/mol. The van der Waals surface area contributed by atoms with Crippen LogP contribution in [0, 0.1) is 0 Å². The molecule has 1 unspecified atom stereocenters. The minimum absolute atomic E-state index is 0.138. The Kier molecular flexibility index (Phi) is 5.48. The number of hydrogen-bond donors (Lipinski definition) is 2. The first kappa shape index (κ1) is 12.8. The lowest BCUT2D eigenvalue weighted by atomic mass is 10.0. The highest BCUT2D eigenvalue weighted by Gasteiger charge is 2.30. The third-order valence-electron chi connectivity index (χ3n) is 2.46. The molecule has 0 aliphatic carbocycles. The van der Waals surface area contributed by atoms with E-state index in [1.807, 2.05) is 32.7 Å². The molecule has 0 heterocycles. The van der Waals surface area contributed by atoms with Crippen LogP contribution < -0.4 is 5.73 Å². The Morgan fingerprint density at radius 1 is 1.54 bits per heavy atom. The van der Waals surface area contributed by atoms with Gasteiger partial charge in [-0.3, -0.25) is 4.90 Å². The fourth-order valence-electron chi connectivity index (χ4n) is 1.04. The molecule has 0 spiro atoms. The zero-order valence-electron chi connectivity index (χ0n) is 9.08. The maximum Gasteiger partial charge on any atom is 0.123 e. The van der Waals surface area contributed by atoms with E-state index in [1.54, 1.807) is 0 Å². The highest BCUT2D eigenvalue weighted by Crippen LogP contribution is 2.16. The molecule has 0 aromatic heterocycles. The number of aliphatic hydroxyl groups is 1. The molecule has 13 heavy (non-hydrogen) atoms. The zero-order chi connectivity index (χ0) is 10.5. The minimum Gasteiger partial charge on any atom is -0.395 e. The van der Waals surface area contributed by atoms with Gasteiger partial charge < -0.3 is 15.6 Å². The largest absolute Gasteiger partial charge is 0.395 e. The second-order valence-corrected chi connectivity index (χ2v) is 3.67. The van der Waals surface area contributed by atoms with Gasteiger partial charge in [0.25, 0.3) is 0 Å². The Morgan fingerprint density at radius 2 is 2.08 bits per heavy atom. The zero-order valence-corrected chi connectivity index (χ0v) is 9.08. The number of ether oxygens (including phenoxy) is 1. The van der Waals surface area contributed by atoms with E-state index in [2.05, 4.69) is 0 Å². The molecule has 4 nitrogen and oxygen atoms in total. The average molecular weight is 190 g/mol. The van der Waals surface area contributed by atoms with Crippen molar-refractivity contribution in [3.8, 4) is 0 Å². The summed E-state index contributed by atoms with van der Waals surface area (Å²) < 4.78 is 5.33. The third-order valence-corrected chi connectivity index (χ3v) is 2.46. The van der Waals surface area contributed by atoms with Crippen LogP contribution in [0.3, 0.4) is 0 Å². The van der Waals surface area contributed by atoms with Gasteiger partial charge in [-0.05, 0) is 27.8 Å². The van der Waals surface area contributed by atoms with Gasteiger partial charge in [-0.1, -0.05) is 0 Å². The second kappa shape index (κ2) is 5.54. The van der Waals surface area contributed by atoms with Crippen molar-refractivity contribution < 1.29 is 9.84 Å². The molecule has 0 saturated heterocycles. The Bertz CT molecular complexity index is 126. The quantitative estimate of drug-likeness (QED) is 0.579. The van der Waals surface area contributed by atoms with Crippen molar-refractivity contribution in [1.82, 2.24) is 4.90 Å². The molecular formula is C9H22N2O2. The maximum absolute atomic E-state index is 8.79. The molecule has 0 rings (SSSR count). The molecule has 80 valence electrons. The van der Waals surface area contributed by atoms with Crippen molar-refractivity contribution in [2.24, 2.45) is 5.73 Å². The number of aliphatic hydroxyl groups excluding tert-OH is 1. The van der Waals surface area contributed by atoms with Gasteiger partial charge in [0.15, 0.2) is 0 Å². The molecule has 0 amide bonds. The molecule has 0 saturated carbocycles. The van der Waals surface area contributed by atoms with E-state index in [9.17, 15) is 0 Å². The van der Waals surface area contributed by atoms with Crippen molar-refractivity contribution in [2.75, 3.05) is 26.8 Å². The normalized spacial score (nSPS) is 15.0. The molecule has 0 fully saturated rings. The van der Waals surface area contributed by atoms with Crippen LogP contribution in [0.4, 0.5) is 0 Å². The molecule has 0 aliphatic heterocycles. The summed E-state index contributed by atoms with van der Waals surface area (Å²) >= 11 is 0. The van der Waals surface area contributed by atoms with Gasteiger partial charge in [-0.25, -0.2) is 0 Å². The molecular weight excluding hydrogens is 168 g/mol. The van der Waals surface area contributed by atoms with Crippen LogP contribution in [0.25, 0.3) is 0 Å². The summed E-state index contributed by atoms with van der Waals surface area (Å²) in [5.41, 5.74) is 5.60. The van der Waals surface area contributed by atoms with Crippen LogP contribution in [0.15, 0.2) is 0 Å². The summed E-state index contributed by atoms with van der Waals surface area (Å²) in [6, 6.07) is 0. The van der Waals surface area contributed by atoms with Crippen molar-refractivity contribution >= 4 is 0 Å². The van der Waals surface area contributed by atoms with Crippen molar-refractivity contribution in [1.29, 1.82) is 0 Å². The summed E-state index contributed by atoms with van der Waals surface area (Å²) in [6.07, 6.45) is -0.325. The molecule has 3 N–H and O–H groups in total. The molecule has 4 heteroatoms. The lowest BCUT2D eigenvalue weighted by Gasteiger charge is -2.39. The van der Waals surface area contributed by atoms with Crippen molar-refractivity contribution in [3.05, 3.63) is 0 Å². The monoisotopic (exact) mass is 190 g/mol. The highest BCUT2D eigenvalue weighted by atomic mass is 16.5. The van der Waals surface area contributed by atoms with Crippen molar-refractivity contribution in [3.63, 3.8) is 0 Å². The van der Waals surface area contributed by atoms with Crippen molar-refractivity contribution in [2.45, 2.75) is 32.5 Å². The summed E-state index contributed by atoms with van der Waals surface area (Å²) in [6.45, 7) is 7.28. The number of rotatable bonds is 6. The van der Waals surface area contributed by atoms with Crippen LogP contribution >= 0.6 is 0 Å². The molecule has 0 aromatic carbocycles. The van der Waals surface area contributed by atoms with Crippen LogP contribution in [0.2, 0.25) is 0 Å². The van der Waals surface area contributed by atoms with E-state index in [4.69, 9.17) is 15.6 Å². The smallest absolute Gasteiger partial charge is 0.123 e.